The maximum absolute atomic E-state index is 12.5. The number of rotatable bonds is 8. The van der Waals surface area contributed by atoms with Gasteiger partial charge in [0.25, 0.3) is 0 Å². The van der Waals surface area contributed by atoms with Crippen LogP contribution in [0.5, 0.6) is 5.88 Å². The van der Waals surface area contributed by atoms with Gasteiger partial charge in [-0.25, -0.2) is 14.5 Å². The van der Waals surface area contributed by atoms with Crippen molar-refractivity contribution in [1.82, 2.24) is 25.0 Å². The highest BCUT2D eigenvalue weighted by atomic mass is 32.1. The third kappa shape index (κ3) is 4.86. The van der Waals surface area contributed by atoms with Gasteiger partial charge in [0.15, 0.2) is 10.9 Å². The molecule has 0 atom stereocenters. The molecule has 31 heavy (non-hydrogen) atoms. The Hall–Kier alpha value is -3.79. The molecule has 1 aromatic carbocycles. The fourth-order valence-electron chi connectivity index (χ4n) is 2.78. The van der Waals surface area contributed by atoms with E-state index in [2.05, 4.69) is 25.6 Å². The second kappa shape index (κ2) is 9.35. The number of anilines is 2. The van der Waals surface area contributed by atoms with Gasteiger partial charge in [0.1, 0.15) is 12.2 Å². The first kappa shape index (κ1) is 20.5. The molecule has 0 saturated carbocycles. The van der Waals surface area contributed by atoms with E-state index in [1.165, 1.54) is 22.2 Å². The van der Waals surface area contributed by atoms with E-state index in [1.807, 2.05) is 42.6 Å². The lowest BCUT2D eigenvalue weighted by molar-refractivity contribution is 0.0467. The molecule has 158 valence electrons. The van der Waals surface area contributed by atoms with Crippen molar-refractivity contribution in [2.45, 2.75) is 20.5 Å². The Bertz CT molecular complexity index is 1160. The second-order valence-electron chi connectivity index (χ2n) is 6.43. The fraction of sp³-hybridized carbons (Fsp3) is 0.190. The highest BCUT2D eigenvalue weighted by molar-refractivity contribution is 7.13. The van der Waals surface area contributed by atoms with Gasteiger partial charge in [-0.15, -0.1) is 21.5 Å². The molecule has 0 aliphatic carbocycles. The van der Waals surface area contributed by atoms with Gasteiger partial charge < -0.3 is 14.8 Å². The average molecular weight is 436 g/mol. The molecule has 3 aromatic heterocycles. The topological polar surface area (TPSA) is 104 Å². The first-order chi connectivity index (χ1) is 15.1. The molecule has 0 aliphatic heterocycles. The van der Waals surface area contributed by atoms with Crippen molar-refractivity contribution in [3.63, 3.8) is 0 Å². The van der Waals surface area contributed by atoms with Crippen LogP contribution in [0.2, 0.25) is 0 Å². The van der Waals surface area contributed by atoms with E-state index in [-0.39, 0.29) is 6.61 Å². The Morgan fingerprint density at radius 3 is 2.74 bits per heavy atom. The molecule has 9 nitrogen and oxygen atoms in total. The minimum Gasteiger partial charge on any atom is -0.477 e. The van der Waals surface area contributed by atoms with E-state index < -0.39 is 5.97 Å². The molecule has 0 saturated heterocycles. The number of nitrogens with one attached hydrogen (secondary N) is 1. The van der Waals surface area contributed by atoms with Crippen LogP contribution in [0.25, 0.3) is 5.82 Å². The predicted octanol–water partition coefficient (Wildman–Crippen LogP) is 3.93. The minimum absolute atomic E-state index is 0.0687. The summed E-state index contributed by atoms with van der Waals surface area (Å²) < 4.78 is 12.3. The Kier molecular flexibility index (Phi) is 6.18. The van der Waals surface area contributed by atoms with Crippen LogP contribution in [0.15, 0.2) is 54.0 Å². The summed E-state index contributed by atoms with van der Waals surface area (Å²) in [6, 6.07) is 13.2. The molecular formula is C21H20N6O3S. The molecule has 0 radical (unpaired) electrons. The van der Waals surface area contributed by atoms with Gasteiger partial charge in [0.2, 0.25) is 5.88 Å². The number of esters is 1. The van der Waals surface area contributed by atoms with Crippen LogP contribution in [0.3, 0.4) is 0 Å². The molecule has 3 heterocycles. The van der Waals surface area contributed by atoms with Crippen LogP contribution in [0.4, 0.5) is 10.8 Å². The third-order valence-electron chi connectivity index (χ3n) is 4.29. The van der Waals surface area contributed by atoms with E-state index in [0.717, 1.165) is 10.8 Å². The van der Waals surface area contributed by atoms with Crippen LogP contribution in [-0.2, 0) is 11.3 Å². The van der Waals surface area contributed by atoms with Gasteiger partial charge in [-0.05, 0) is 32.0 Å². The first-order valence-electron chi connectivity index (χ1n) is 9.59. The summed E-state index contributed by atoms with van der Waals surface area (Å²) in [7, 11) is 0. The van der Waals surface area contributed by atoms with Crippen LogP contribution < -0.4 is 10.1 Å². The number of hydrogen-bond acceptors (Lipinski definition) is 9. The van der Waals surface area contributed by atoms with Gasteiger partial charge in [0, 0.05) is 17.1 Å². The highest BCUT2D eigenvalue weighted by Crippen LogP contribution is 2.21. The Morgan fingerprint density at radius 2 is 2.00 bits per heavy atom. The molecule has 0 unspecified atom stereocenters. The van der Waals surface area contributed by atoms with E-state index in [4.69, 9.17) is 9.47 Å². The quantitative estimate of drug-likeness (QED) is 0.415. The smallest absolute Gasteiger partial charge is 0.342 e. The Labute approximate surface area is 182 Å². The summed E-state index contributed by atoms with van der Waals surface area (Å²) >= 11 is 1.45. The summed E-state index contributed by atoms with van der Waals surface area (Å²) in [4.78, 5) is 17.0. The maximum atomic E-state index is 12.5. The number of aromatic nitrogens is 5. The molecule has 0 bridgehead atoms. The lowest BCUT2D eigenvalue weighted by atomic mass is 10.2. The second-order valence-corrected chi connectivity index (χ2v) is 7.29. The van der Waals surface area contributed by atoms with E-state index >= 15 is 0 Å². The molecule has 4 rings (SSSR count). The van der Waals surface area contributed by atoms with E-state index in [9.17, 15) is 4.79 Å². The van der Waals surface area contributed by atoms with Gasteiger partial charge >= 0.3 is 5.97 Å². The zero-order valence-corrected chi connectivity index (χ0v) is 17.8. The van der Waals surface area contributed by atoms with Crippen molar-refractivity contribution in [2.24, 2.45) is 0 Å². The Balaban J connectivity index is 1.38. The zero-order chi connectivity index (χ0) is 21.6. The molecule has 0 aliphatic rings. The lowest BCUT2D eigenvalue weighted by Crippen LogP contribution is -2.08. The standard InChI is InChI=1S/C21H20N6O3S/c1-3-29-19-10-9-18(25-26-19)27-14(2)17(11-22-27)20(28)30-12-16-13-31-21(24-16)23-15-7-5-4-6-8-15/h4-11,13H,3,12H2,1-2H3,(H,23,24). The van der Waals surface area contributed by atoms with Crippen molar-refractivity contribution in [1.29, 1.82) is 0 Å². The number of para-hydroxylation sites is 1. The number of ether oxygens (including phenoxy) is 2. The molecular weight excluding hydrogens is 416 g/mol. The minimum atomic E-state index is -0.479. The van der Waals surface area contributed by atoms with Crippen LogP contribution in [0.1, 0.15) is 28.7 Å². The van der Waals surface area contributed by atoms with E-state index in [1.54, 1.807) is 19.1 Å². The molecule has 0 fully saturated rings. The van der Waals surface area contributed by atoms with Crippen molar-refractivity contribution in [3.05, 3.63) is 71.0 Å². The molecule has 1 N–H and O–H groups in total. The first-order valence-corrected chi connectivity index (χ1v) is 10.5. The number of thiazole rings is 1. The third-order valence-corrected chi connectivity index (χ3v) is 5.10. The van der Waals surface area contributed by atoms with Crippen LogP contribution in [0, 0.1) is 6.92 Å². The fourth-order valence-corrected chi connectivity index (χ4v) is 3.50. The average Bonchev–Trinajstić information content (AvgIpc) is 3.40. The van der Waals surface area contributed by atoms with E-state index in [0.29, 0.717) is 35.3 Å². The summed E-state index contributed by atoms with van der Waals surface area (Å²) in [6.45, 7) is 4.22. The number of carbonyl (C=O) groups is 1. The molecule has 0 amide bonds. The van der Waals surface area contributed by atoms with Crippen molar-refractivity contribution in [2.75, 3.05) is 11.9 Å². The molecule has 0 spiro atoms. The Morgan fingerprint density at radius 1 is 1.16 bits per heavy atom. The molecule has 4 aromatic rings. The number of benzene rings is 1. The summed E-state index contributed by atoms with van der Waals surface area (Å²) in [5, 5.41) is 18.1. The van der Waals surface area contributed by atoms with Crippen LogP contribution in [-0.4, -0.2) is 37.5 Å². The predicted molar refractivity (Wildman–Crippen MR) is 116 cm³/mol. The number of hydrogen-bond donors (Lipinski definition) is 1. The van der Waals surface area contributed by atoms with Gasteiger partial charge in [-0.3, -0.25) is 0 Å². The number of carbonyl (C=O) groups excluding carboxylic acids is 1. The summed E-state index contributed by atoms with van der Waals surface area (Å²) in [6.07, 6.45) is 1.46. The van der Waals surface area contributed by atoms with Gasteiger partial charge in [-0.2, -0.15) is 5.10 Å². The molecule has 10 heteroatoms. The largest absolute Gasteiger partial charge is 0.477 e. The highest BCUT2D eigenvalue weighted by Gasteiger charge is 2.18. The summed E-state index contributed by atoms with van der Waals surface area (Å²) in [5.41, 5.74) is 2.57. The lowest BCUT2D eigenvalue weighted by Gasteiger charge is -2.06. The normalized spacial score (nSPS) is 10.6. The zero-order valence-electron chi connectivity index (χ0n) is 17.0. The van der Waals surface area contributed by atoms with Crippen LogP contribution >= 0.6 is 11.3 Å². The van der Waals surface area contributed by atoms with Crippen molar-refractivity contribution >= 4 is 28.1 Å². The van der Waals surface area contributed by atoms with Crippen molar-refractivity contribution in [3.8, 4) is 11.7 Å². The number of nitrogens with zero attached hydrogens (tertiary/aromatic N) is 5. The monoisotopic (exact) mass is 436 g/mol. The summed E-state index contributed by atoms with van der Waals surface area (Å²) in [5.74, 6) is 0.435. The van der Waals surface area contributed by atoms with Crippen molar-refractivity contribution < 1.29 is 14.3 Å². The van der Waals surface area contributed by atoms with Gasteiger partial charge in [-0.1, -0.05) is 18.2 Å². The van der Waals surface area contributed by atoms with Gasteiger partial charge in [0.05, 0.1) is 24.2 Å². The maximum Gasteiger partial charge on any atom is 0.342 e. The SMILES string of the molecule is CCOc1ccc(-n2ncc(C(=O)OCc3csc(Nc4ccccc4)n3)c2C)nn1.